The lowest BCUT2D eigenvalue weighted by molar-refractivity contribution is -0.00277. The number of pyridine rings is 1. The zero-order valence-electron chi connectivity index (χ0n) is 12.3. The zero-order valence-corrected chi connectivity index (χ0v) is 12.3. The Hall–Kier alpha value is -1.13. The second-order valence-electron chi connectivity index (χ2n) is 5.61. The molecule has 19 heavy (non-hydrogen) atoms. The second kappa shape index (κ2) is 6.35. The van der Waals surface area contributed by atoms with Crippen molar-refractivity contribution in [1.29, 1.82) is 0 Å². The highest BCUT2D eigenvalue weighted by Crippen LogP contribution is 2.20. The van der Waals surface area contributed by atoms with Crippen LogP contribution < -0.4 is 5.73 Å². The fourth-order valence-corrected chi connectivity index (χ4v) is 2.57. The van der Waals surface area contributed by atoms with Crippen LogP contribution in [0, 0.1) is 13.8 Å². The van der Waals surface area contributed by atoms with E-state index in [2.05, 4.69) is 23.9 Å². The number of hydrogen-bond donors (Lipinski definition) is 1. The number of ether oxygens (including phenoxy) is 1. The van der Waals surface area contributed by atoms with E-state index in [-0.39, 0.29) is 0 Å². The molecule has 0 bridgehead atoms. The molecule has 1 saturated heterocycles. The maximum absolute atomic E-state index is 6.06. The maximum Gasteiger partial charge on any atom is 0.0702 e. The van der Waals surface area contributed by atoms with E-state index in [0.717, 1.165) is 42.2 Å². The molecule has 0 aliphatic carbocycles. The van der Waals surface area contributed by atoms with Crippen molar-refractivity contribution >= 4 is 5.69 Å². The minimum Gasteiger partial charge on any atom is -0.398 e. The van der Waals surface area contributed by atoms with Gasteiger partial charge in [0, 0.05) is 31.6 Å². The highest BCUT2D eigenvalue weighted by molar-refractivity contribution is 5.53. The van der Waals surface area contributed by atoms with Crippen molar-refractivity contribution in [1.82, 2.24) is 9.88 Å². The number of rotatable bonds is 4. The smallest absolute Gasteiger partial charge is 0.0702 e. The Kier molecular flexibility index (Phi) is 4.77. The van der Waals surface area contributed by atoms with Crippen LogP contribution >= 0.6 is 0 Å². The first-order valence-electron chi connectivity index (χ1n) is 7.08. The van der Waals surface area contributed by atoms with Crippen molar-refractivity contribution in [3.05, 3.63) is 23.0 Å². The minimum absolute atomic E-state index is 0.377. The van der Waals surface area contributed by atoms with Crippen LogP contribution in [-0.4, -0.2) is 36.2 Å². The van der Waals surface area contributed by atoms with E-state index in [1.54, 1.807) is 0 Å². The molecule has 1 aliphatic heterocycles. The largest absolute Gasteiger partial charge is 0.398 e. The molecule has 4 nitrogen and oxygen atoms in total. The Morgan fingerprint density at radius 1 is 1.42 bits per heavy atom. The molecule has 0 amide bonds. The number of nitrogens with zero attached hydrogens (tertiary/aromatic N) is 2. The third-order valence-electron chi connectivity index (χ3n) is 3.88. The van der Waals surface area contributed by atoms with E-state index in [4.69, 9.17) is 10.5 Å². The molecule has 1 aromatic rings. The Morgan fingerprint density at radius 2 is 2.21 bits per heavy atom. The molecule has 1 fully saturated rings. The average molecular weight is 263 g/mol. The molecule has 1 atom stereocenters. The monoisotopic (exact) mass is 263 g/mol. The van der Waals surface area contributed by atoms with Gasteiger partial charge in [0.05, 0.1) is 11.8 Å². The quantitative estimate of drug-likeness (QED) is 0.905. The van der Waals surface area contributed by atoms with Crippen molar-refractivity contribution in [2.75, 3.05) is 25.9 Å². The molecule has 2 N–H and O–H groups in total. The molecule has 1 unspecified atom stereocenters. The third kappa shape index (κ3) is 3.67. The number of nitrogens with two attached hydrogens (primary N) is 1. The highest BCUT2D eigenvalue weighted by Gasteiger charge is 2.17. The van der Waals surface area contributed by atoms with E-state index in [0.29, 0.717) is 6.10 Å². The molecule has 2 rings (SSSR count). The lowest BCUT2D eigenvalue weighted by atomic mass is 10.1. The summed E-state index contributed by atoms with van der Waals surface area (Å²) in [6.07, 6.45) is 5.90. The number of likely N-dealkylation sites (N-methyl/N-ethyl adjacent to an activating group) is 1. The van der Waals surface area contributed by atoms with Crippen molar-refractivity contribution in [3.63, 3.8) is 0 Å². The number of aryl methyl sites for hydroxylation is 1. The van der Waals surface area contributed by atoms with E-state index >= 15 is 0 Å². The number of nitrogen functional groups attached to an aromatic ring is 1. The van der Waals surface area contributed by atoms with Gasteiger partial charge in [0.2, 0.25) is 0 Å². The van der Waals surface area contributed by atoms with Crippen molar-refractivity contribution < 1.29 is 4.74 Å². The average Bonchev–Trinajstić information content (AvgIpc) is 2.41. The fraction of sp³-hybridized carbons (Fsp3) is 0.667. The summed E-state index contributed by atoms with van der Waals surface area (Å²) < 4.78 is 5.77. The summed E-state index contributed by atoms with van der Waals surface area (Å²) in [5, 5.41) is 0. The van der Waals surface area contributed by atoms with Gasteiger partial charge in [-0.15, -0.1) is 0 Å². The molecular formula is C15H25N3O. The first kappa shape index (κ1) is 14.3. The summed E-state index contributed by atoms with van der Waals surface area (Å²) in [4.78, 5) is 6.79. The Morgan fingerprint density at radius 3 is 2.89 bits per heavy atom. The predicted molar refractivity (Wildman–Crippen MR) is 78.0 cm³/mol. The lowest BCUT2D eigenvalue weighted by Gasteiger charge is -2.27. The van der Waals surface area contributed by atoms with Crippen LogP contribution in [0.2, 0.25) is 0 Å². The Bertz CT molecular complexity index is 428. The predicted octanol–water partition coefficient (Wildman–Crippen LogP) is 2.28. The van der Waals surface area contributed by atoms with Crippen LogP contribution in [0.4, 0.5) is 5.69 Å². The van der Waals surface area contributed by atoms with Gasteiger partial charge >= 0.3 is 0 Å². The first-order valence-corrected chi connectivity index (χ1v) is 7.08. The topological polar surface area (TPSA) is 51.4 Å². The second-order valence-corrected chi connectivity index (χ2v) is 5.61. The summed E-state index contributed by atoms with van der Waals surface area (Å²) in [7, 11) is 2.12. The van der Waals surface area contributed by atoms with Gasteiger partial charge in [-0.1, -0.05) is 0 Å². The van der Waals surface area contributed by atoms with Gasteiger partial charge in [-0.3, -0.25) is 9.88 Å². The van der Waals surface area contributed by atoms with Crippen LogP contribution in [-0.2, 0) is 11.3 Å². The van der Waals surface area contributed by atoms with Crippen LogP contribution in [0.15, 0.2) is 6.20 Å². The minimum atomic E-state index is 0.377. The third-order valence-corrected chi connectivity index (χ3v) is 3.88. The molecule has 0 saturated carbocycles. The van der Waals surface area contributed by atoms with Crippen LogP contribution in [0.1, 0.15) is 36.1 Å². The standard InChI is InChI=1S/C15H25N3O/c1-11-8-17-14(12(2)15(11)16)10-18(3)9-13-6-4-5-7-19-13/h8,13H,4-7,9-10H2,1-3H3,(H2,16,17). The molecule has 106 valence electrons. The van der Waals surface area contributed by atoms with Crippen LogP contribution in [0.25, 0.3) is 0 Å². The van der Waals surface area contributed by atoms with Gasteiger partial charge in [0.1, 0.15) is 0 Å². The molecule has 0 spiro atoms. The number of hydrogen-bond acceptors (Lipinski definition) is 4. The normalized spacial score (nSPS) is 19.9. The Labute approximate surface area is 116 Å². The van der Waals surface area contributed by atoms with E-state index in [1.165, 1.54) is 19.3 Å². The molecule has 4 heteroatoms. The molecular weight excluding hydrogens is 238 g/mol. The van der Waals surface area contributed by atoms with Crippen LogP contribution in [0.3, 0.4) is 0 Å². The molecule has 1 aromatic heterocycles. The number of anilines is 1. The van der Waals surface area contributed by atoms with Crippen LogP contribution in [0.5, 0.6) is 0 Å². The van der Waals surface area contributed by atoms with Gasteiger partial charge in [-0.25, -0.2) is 0 Å². The fourth-order valence-electron chi connectivity index (χ4n) is 2.57. The van der Waals surface area contributed by atoms with Gasteiger partial charge in [-0.05, 0) is 51.3 Å². The summed E-state index contributed by atoms with van der Waals surface area (Å²) in [5.74, 6) is 0. The highest BCUT2D eigenvalue weighted by atomic mass is 16.5. The van der Waals surface area contributed by atoms with E-state index in [9.17, 15) is 0 Å². The van der Waals surface area contributed by atoms with E-state index < -0.39 is 0 Å². The summed E-state index contributed by atoms with van der Waals surface area (Å²) >= 11 is 0. The van der Waals surface area contributed by atoms with Gasteiger partial charge < -0.3 is 10.5 Å². The lowest BCUT2D eigenvalue weighted by Crippen LogP contribution is -2.33. The summed E-state index contributed by atoms with van der Waals surface area (Å²) in [6, 6.07) is 0. The van der Waals surface area contributed by atoms with Crippen molar-refractivity contribution in [3.8, 4) is 0 Å². The summed E-state index contributed by atoms with van der Waals surface area (Å²) in [6.45, 7) is 6.76. The van der Waals surface area contributed by atoms with E-state index in [1.807, 2.05) is 13.1 Å². The Balaban J connectivity index is 1.94. The van der Waals surface area contributed by atoms with Gasteiger partial charge in [0.15, 0.2) is 0 Å². The molecule has 0 aromatic carbocycles. The van der Waals surface area contributed by atoms with Crippen molar-refractivity contribution in [2.45, 2.75) is 45.8 Å². The molecule has 0 radical (unpaired) electrons. The summed E-state index contributed by atoms with van der Waals surface area (Å²) in [5.41, 5.74) is 10.2. The first-order chi connectivity index (χ1) is 9.08. The van der Waals surface area contributed by atoms with Gasteiger partial charge in [0.25, 0.3) is 0 Å². The van der Waals surface area contributed by atoms with Gasteiger partial charge in [-0.2, -0.15) is 0 Å². The SMILES string of the molecule is Cc1cnc(CN(C)CC2CCCCO2)c(C)c1N. The zero-order chi connectivity index (χ0) is 13.8. The van der Waals surface area contributed by atoms with Crippen molar-refractivity contribution in [2.24, 2.45) is 0 Å². The molecule has 1 aliphatic rings. The number of aromatic nitrogens is 1. The molecule has 2 heterocycles. The maximum atomic E-state index is 6.06.